The number of alkyl halides is 2. The maximum atomic E-state index is 12.2. The van der Waals surface area contributed by atoms with Crippen LogP contribution >= 0.6 is 11.8 Å². The fourth-order valence-corrected chi connectivity index (χ4v) is 4.55. The van der Waals surface area contributed by atoms with E-state index >= 15 is 0 Å². The number of nitrogens with one attached hydrogen (secondary N) is 1. The van der Waals surface area contributed by atoms with Crippen molar-refractivity contribution in [2.75, 3.05) is 12.3 Å². The molecule has 0 saturated carbocycles. The first-order valence-corrected chi connectivity index (χ1v) is 9.03. The van der Waals surface area contributed by atoms with Crippen molar-refractivity contribution in [1.29, 1.82) is 0 Å². The SMILES string of the molecule is O=S1(=O)CCC[C@H]1CNCc1ccc(SC(F)F)cc1. The van der Waals surface area contributed by atoms with Crippen LogP contribution in [0.15, 0.2) is 29.2 Å². The minimum atomic E-state index is -2.91. The summed E-state index contributed by atoms with van der Waals surface area (Å²) in [6.45, 7) is 1.00. The van der Waals surface area contributed by atoms with Crippen molar-refractivity contribution in [2.24, 2.45) is 0 Å². The van der Waals surface area contributed by atoms with Crippen LogP contribution in [0.3, 0.4) is 0 Å². The molecule has 0 spiro atoms. The van der Waals surface area contributed by atoms with Gasteiger partial charge in [0.15, 0.2) is 9.84 Å². The lowest BCUT2D eigenvalue weighted by Gasteiger charge is -2.11. The molecular formula is C13H17F2NO2S2. The van der Waals surface area contributed by atoms with Gasteiger partial charge in [0.1, 0.15) is 0 Å². The van der Waals surface area contributed by atoms with Crippen LogP contribution in [0.4, 0.5) is 8.78 Å². The molecule has 1 fully saturated rings. The van der Waals surface area contributed by atoms with Crippen LogP contribution in [-0.4, -0.2) is 31.7 Å². The predicted molar refractivity (Wildman–Crippen MR) is 76.8 cm³/mol. The van der Waals surface area contributed by atoms with Crippen molar-refractivity contribution in [3.63, 3.8) is 0 Å². The summed E-state index contributed by atoms with van der Waals surface area (Å²) < 4.78 is 47.6. The maximum absolute atomic E-state index is 12.2. The lowest BCUT2D eigenvalue weighted by Crippen LogP contribution is -2.30. The highest BCUT2D eigenvalue weighted by atomic mass is 32.2. The topological polar surface area (TPSA) is 46.2 Å². The lowest BCUT2D eigenvalue weighted by atomic mass is 10.2. The molecule has 1 aliphatic heterocycles. The summed E-state index contributed by atoms with van der Waals surface area (Å²) in [5, 5.41) is 2.84. The Labute approximate surface area is 122 Å². The van der Waals surface area contributed by atoms with Gasteiger partial charge in [0.05, 0.1) is 11.0 Å². The van der Waals surface area contributed by atoms with E-state index in [2.05, 4.69) is 5.32 Å². The molecule has 7 heteroatoms. The number of hydrogen-bond acceptors (Lipinski definition) is 4. The summed E-state index contributed by atoms with van der Waals surface area (Å²) in [6, 6.07) is 6.86. The van der Waals surface area contributed by atoms with Crippen molar-refractivity contribution < 1.29 is 17.2 Å². The van der Waals surface area contributed by atoms with Crippen LogP contribution in [0.5, 0.6) is 0 Å². The predicted octanol–water partition coefficient (Wildman–Crippen LogP) is 2.67. The fourth-order valence-electron chi connectivity index (χ4n) is 2.25. The van der Waals surface area contributed by atoms with E-state index in [1.54, 1.807) is 24.3 Å². The summed E-state index contributed by atoms with van der Waals surface area (Å²) in [5.74, 6) is -2.12. The monoisotopic (exact) mass is 321 g/mol. The molecule has 1 aromatic carbocycles. The second-order valence-electron chi connectivity index (χ2n) is 4.78. The smallest absolute Gasteiger partial charge is 0.288 e. The van der Waals surface area contributed by atoms with Gasteiger partial charge in [-0.3, -0.25) is 0 Å². The Balaban J connectivity index is 1.79. The number of benzene rings is 1. The minimum absolute atomic E-state index is 0.281. The Morgan fingerprint density at radius 1 is 1.30 bits per heavy atom. The van der Waals surface area contributed by atoms with Gasteiger partial charge in [0, 0.05) is 18.0 Å². The van der Waals surface area contributed by atoms with Gasteiger partial charge in [-0.05, 0) is 30.5 Å². The van der Waals surface area contributed by atoms with Crippen LogP contribution in [0.2, 0.25) is 0 Å². The van der Waals surface area contributed by atoms with Crippen molar-refractivity contribution >= 4 is 21.6 Å². The zero-order chi connectivity index (χ0) is 14.6. The van der Waals surface area contributed by atoms with E-state index in [1.807, 2.05) is 0 Å². The van der Waals surface area contributed by atoms with E-state index < -0.39 is 15.6 Å². The first-order valence-electron chi connectivity index (χ1n) is 6.43. The number of thioether (sulfide) groups is 1. The molecule has 1 atom stereocenters. The van der Waals surface area contributed by atoms with Gasteiger partial charge in [-0.25, -0.2) is 8.42 Å². The van der Waals surface area contributed by atoms with Crippen LogP contribution in [-0.2, 0) is 16.4 Å². The maximum Gasteiger partial charge on any atom is 0.288 e. The molecule has 1 saturated heterocycles. The quantitative estimate of drug-likeness (QED) is 0.818. The average molecular weight is 321 g/mol. The van der Waals surface area contributed by atoms with Gasteiger partial charge in [-0.1, -0.05) is 23.9 Å². The normalized spacial score (nSPS) is 21.4. The van der Waals surface area contributed by atoms with Gasteiger partial charge in [0.2, 0.25) is 0 Å². The highest BCUT2D eigenvalue weighted by molar-refractivity contribution is 7.99. The standard InChI is InChI=1S/C13H17F2NO2S2/c14-13(15)19-11-5-3-10(4-6-11)8-16-9-12-2-1-7-20(12,17)18/h3-6,12-13,16H,1-2,7-9H2/t12-/m0/s1. The second-order valence-corrected chi connectivity index (χ2v) is 8.25. The molecule has 0 amide bonds. The third-order valence-corrected chi connectivity index (χ3v) is 6.31. The van der Waals surface area contributed by atoms with Crippen molar-refractivity contribution in [1.82, 2.24) is 5.32 Å². The molecule has 1 aromatic rings. The molecule has 112 valence electrons. The molecule has 2 rings (SSSR count). The van der Waals surface area contributed by atoms with Gasteiger partial charge in [0.25, 0.3) is 5.76 Å². The van der Waals surface area contributed by atoms with E-state index in [1.165, 1.54) is 0 Å². The van der Waals surface area contributed by atoms with Crippen molar-refractivity contribution in [3.05, 3.63) is 29.8 Å². The van der Waals surface area contributed by atoms with Crippen LogP contribution in [0, 0.1) is 0 Å². The first kappa shape index (κ1) is 15.7. The first-order chi connectivity index (χ1) is 9.47. The Hall–Kier alpha value is -0.660. The molecule has 0 aliphatic carbocycles. The molecule has 0 unspecified atom stereocenters. The summed E-state index contributed by atoms with van der Waals surface area (Å²) in [7, 11) is -2.91. The number of hydrogen-bond donors (Lipinski definition) is 1. The lowest BCUT2D eigenvalue weighted by molar-refractivity contribution is 0.252. The molecule has 1 heterocycles. The van der Waals surface area contributed by atoms with Gasteiger partial charge >= 0.3 is 0 Å². The molecule has 0 aromatic heterocycles. The molecule has 0 bridgehead atoms. The Morgan fingerprint density at radius 2 is 2.00 bits per heavy atom. The molecule has 0 radical (unpaired) electrons. The third-order valence-electron chi connectivity index (χ3n) is 3.31. The highest BCUT2D eigenvalue weighted by Gasteiger charge is 2.30. The average Bonchev–Trinajstić information content (AvgIpc) is 2.70. The van der Waals surface area contributed by atoms with Gasteiger partial charge in [-0.15, -0.1) is 0 Å². The van der Waals surface area contributed by atoms with E-state index in [-0.39, 0.29) is 5.25 Å². The van der Waals surface area contributed by atoms with E-state index in [9.17, 15) is 17.2 Å². The summed E-state index contributed by atoms with van der Waals surface area (Å²) in [5.41, 5.74) is 0.957. The zero-order valence-electron chi connectivity index (χ0n) is 10.9. The van der Waals surface area contributed by atoms with Gasteiger partial charge in [-0.2, -0.15) is 8.78 Å². The minimum Gasteiger partial charge on any atom is -0.311 e. The summed E-state index contributed by atoms with van der Waals surface area (Å²) in [4.78, 5) is 0.530. The molecule has 20 heavy (non-hydrogen) atoms. The number of halogens is 2. The third kappa shape index (κ3) is 4.43. The van der Waals surface area contributed by atoms with E-state index in [4.69, 9.17) is 0 Å². The fraction of sp³-hybridized carbons (Fsp3) is 0.538. The zero-order valence-corrected chi connectivity index (χ0v) is 12.5. The second kappa shape index (κ2) is 6.87. The van der Waals surface area contributed by atoms with Crippen molar-refractivity contribution in [2.45, 2.75) is 35.3 Å². The molecular weight excluding hydrogens is 304 g/mol. The Morgan fingerprint density at radius 3 is 2.55 bits per heavy atom. The van der Waals surface area contributed by atoms with Crippen LogP contribution < -0.4 is 5.32 Å². The Bertz CT molecular complexity index is 532. The molecule has 1 aliphatic rings. The number of rotatable bonds is 6. The largest absolute Gasteiger partial charge is 0.311 e. The summed E-state index contributed by atoms with van der Waals surface area (Å²) in [6.07, 6.45) is 1.47. The number of sulfone groups is 1. The van der Waals surface area contributed by atoms with E-state index in [0.717, 1.165) is 18.4 Å². The van der Waals surface area contributed by atoms with Crippen LogP contribution in [0.1, 0.15) is 18.4 Å². The molecule has 1 N–H and O–H groups in total. The van der Waals surface area contributed by atoms with E-state index in [0.29, 0.717) is 35.5 Å². The van der Waals surface area contributed by atoms with Gasteiger partial charge < -0.3 is 5.32 Å². The van der Waals surface area contributed by atoms with Crippen LogP contribution in [0.25, 0.3) is 0 Å². The summed E-state index contributed by atoms with van der Waals surface area (Å²) >= 11 is 0.518. The molecule has 3 nitrogen and oxygen atoms in total. The Kier molecular flexibility index (Phi) is 5.40. The highest BCUT2D eigenvalue weighted by Crippen LogP contribution is 2.25. The van der Waals surface area contributed by atoms with Crippen molar-refractivity contribution in [3.8, 4) is 0 Å².